The number of benzene rings is 2. The lowest BCUT2D eigenvalue weighted by Gasteiger charge is -2.22. The summed E-state index contributed by atoms with van der Waals surface area (Å²) < 4.78 is 11.7. The maximum atomic E-state index is 13.3. The first kappa shape index (κ1) is 28.0. The molecule has 2 amide bonds. The van der Waals surface area contributed by atoms with E-state index < -0.39 is 6.04 Å². The molecule has 2 aromatic carbocycles. The van der Waals surface area contributed by atoms with Crippen molar-refractivity contribution < 1.29 is 18.7 Å². The summed E-state index contributed by atoms with van der Waals surface area (Å²) in [6.45, 7) is 2.76. The predicted octanol–water partition coefficient (Wildman–Crippen LogP) is 4.09. The normalized spacial score (nSPS) is 15.9. The Labute approximate surface area is 235 Å². The number of amides is 2. The standard InChI is InChI=1S/C28H31BrN6O4/c1-18-13-20-15-21(7-9-24(20)39-18)33-28(32-17-30)34-23-5-3-4-12-35(27(23)37)16-26(36)31-11-10-19-6-8-25(38-2)22(29)14-19/h6-9,13-15,23H,3-5,10-12,16H2,1-2H3,(H,31,36)(H2,32,33,34). The first-order valence-corrected chi connectivity index (χ1v) is 13.5. The largest absolute Gasteiger partial charge is 0.496 e. The predicted molar refractivity (Wildman–Crippen MR) is 152 cm³/mol. The van der Waals surface area contributed by atoms with Gasteiger partial charge in [-0.25, -0.2) is 4.99 Å². The van der Waals surface area contributed by atoms with E-state index in [-0.39, 0.29) is 24.3 Å². The zero-order valence-corrected chi connectivity index (χ0v) is 23.5. The summed E-state index contributed by atoms with van der Waals surface area (Å²) >= 11 is 3.47. The van der Waals surface area contributed by atoms with Gasteiger partial charge in [-0.15, -0.1) is 0 Å². The number of aryl methyl sites for hydroxylation is 1. The zero-order valence-electron chi connectivity index (χ0n) is 21.9. The molecule has 1 fully saturated rings. The Balaban J connectivity index is 1.37. The van der Waals surface area contributed by atoms with Gasteiger partial charge < -0.3 is 24.7 Å². The van der Waals surface area contributed by atoms with Crippen LogP contribution in [0.2, 0.25) is 0 Å². The van der Waals surface area contributed by atoms with Gasteiger partial charge in [0.15, 0.2) is 6.19 Å². The second-order valence-corrected chi connectivity index (χ2v) is 10.1. The van der Waals surface area contributed by atoms with E-state index in [2.05, 4.69) is 36.9 Å². The minimum absolute atomic E-state index is 0.0396. The van der Waals surface area contributed by atoms with Crippen molar-refractivity contribution in [1.29, 1.82) is 5.26 Å². The van der Waals surface area contributed by atoms with Gasteiger partial charge in [0.2, 0.25) is 17.8 Å². The van der Waals surface area contributed by atoms with E-state index in [4.69, 9.17) is 9.15 Å². The number of nitriles is 1. The Morgan fingerprint density at radius 1 is 1.26 bits per heavy atom. The molecule has 3 aromatic rings. The Morgan fingerprint density at radius 3 is 2.87 bits per heavy atom. The maximum absolute atomic E-state index is 13.3. The Bertz CT molecular complexity index is 1410. The highest BCUT2D eigenvalue weighted by Crippen LogP contribution is 2.26. The van der Waals surface area contributed by atoms with E-state index in [9.17, 15) is 14.9 Å². The lowest BCUT2D eigenvalue weighted by Crippen LogP contribution is -2.44. The first-order valence-electron chi connectivity index (χ1n) is 12.7. The number of aliphatic imine (C=N–C) groups is 1. The molecule has 11 heteroatoms. The smallest absolute Gasteiger partial charge is 0.247 e. The van der Waals surface area contributed by atoms with Crippen LogP contribution in [0, 0.1) is 18.4 Å². The summed E-state index contributed by atoms with van der Waals surface area (Å²) in [5.41, 5.74) is 2.51. The second kappa shape index (κ2) is 13.2. The van der Waals surface area contributed by atoms with Gasteiger partial charge in [0.05, 0.1) is 18.1 Å². The van der Waals surface area contributed by atoms with E-state index in [1.54, 1.807) is 12.0 Å². The van der Waals surface area contributed by atoms with Crippen molar-refractivity contribution in [1.82, 2.24) is 15.5 Å². The van der Waals surface area contributed by atoms with Crippen molar-refractivity contribution in [2.75, 3.05) is 32.1 Å². The van der Waals surface area contributed by atoms with Gasteiger partial charge in [-0.1, -0.05) is 6.07 Å². The summed E-state index contributed by atoms with van der Waals surface area (Å²) in [5.74, 6) is 1.26. The molecule has 0 radical (unpaired) electrons. The topological polar surface area (TPSA) is 132 Å². The molecule has 0 bridgehead atoms. The van der Waals surface area contributed by atoms with Gasteiger partial charge >= 0.3 is 0 Å². The van der Waals surface area contributed by atoms with Crippen LogP contribution in [0.1, 0.15) is 30.6 Å². The molecule has 0 aliphatic carbocycles. The molecule has 0 spiro atoms. The summed E-state index contributed by atoms with van der Waals surface area (Å²) in [7, 11) is 1.61. The van der Waals surface area contributed by atoms with Crippen molar-refractivity contribution in [2.45, 2.75) is 38.6 Å². The number of halogens is 1. The van der Waals surface area contributed by atoms with Crippen LogP contribution in [0.15, 0.2) is 56.3 Å². The van der Waals surface area contributed by atoms with Crippen molar-refractivity contribution in [2.24, 2.45) is 4.99 Å². The number of furan rings is 1. The second-order valence-electron chi connectivity index (χ2n) is 9.29. The number of nitrogens with zero attached hydrogens (tertiary/aromatic N) is 3. The number of hydrogen-bond acceptors (Lipinski definition) is 6. The number of hydrogen-bond donors (Lipinski definition) is 3. The van der Waals surface area contributed by atoms with Gasteiger partial charge in [0, 0.05) is 24.2 Å². The molecule has 1 unspecified atom stereocenters. The molecule has 0 saturated carbocycles. The molecular formula is C28H31BrN6O4. The average Bonchev–Trinajstić information content (AvgIpc) is 3.20. The fraction of sp³-hybridized carbons (Fsp3) is 0.357. The fourth-order valence-electron chi connectivity index (χ4n) is 4.50. The first-order chi connectivity index (χ1) is 18.9. The minimum atomic E-state index is -0.708. The third-order valence-corrected chi connectivity index (χ3v) is 7.02. The number of ether oxygens (including phenoxy) is 1. The summed E-state index contributed by atoms with van der Waals surface area (Å²) in [5, 5.41) is 18.7. The van der Waals surface area contributed by atoms with Crippen molar-refractivity contribution in [3.63, 3.8) is 0 Å². The lowest BCUT2D eigenvalue weighted by molar-refractivity contribution is -0.136. The third-order valence-electron chi connectivity index (χ3n) is 6.40. The van der Waals surface area contributed by atoms with E-state index in [1.165, 1.54) is 0 Å². The van der Waals surface area contributed by atoms with Gasteiger partial charge in [0.25, 0.3) is 0 Å². The number of anilines is 1. The average molecular weight is 595 g/mol. The SMILES string of the molecule is COc1ccc(CCNC(=O)CN2CCCCC(N=C(NC#N)Nc3ccc4oc(C)cc4c3)C2=O)cc1Br. The van der Waals surface area contributed by atoms with E-state index >= 15 is 0 Å². The zero-order chi connectivity index (χ0) is 27.8. The molecule has 204 valence electrons. The molecule has 2 heterocycles. The number of methoxy groups -OCH3 is 1. The molecule has 10 nitrogen and oxygen atoms in total. The highest BCUT2D eigenvalue weighted by molar-refractivity contribution is 9.10. The summed E-state index contributed by atoms with van der Waals surface area (Å²) in [6, 6.07) is 12.5. The monoisotopic (exact) mass is 594 g/mol. The van der Waals surface area contributed by atoms with Crippen LogP contribution in [0.5, 0.6) is 5.75 Å². The molecule has 1 atom stereocenters. The fourth-order valence-corrected chi connectivity index (χ4v) is 5.09. The Kier molecular flexibility index (Phi) is 9.44. The molecular weight excluding hydrogens is 564 g/mol. The van der Waals surface area contributed by atoms with Crippen LogP contribution in [-0.4, -0.2) is 55.5 Å². The van der Waals surface area contributed by atoms with E-state index in [0.717, 1.165) is 45.4 Å². The Hall–Kier alpha value is -4.04. The van der Waals surface area contributed by atoms with Crippen LogP contribution in [0.3, 0.4) is 0 Å². The van der Waals surface area contributed by atoms with Crippen molar-refractivity contribution in [3.05, 3.63) is 58.3 Å². The minimum Gasteiger partial charge on any atom is -0.496 e. The van der Waals surface area contributed by atoms with Crippen LogP contribution in [0.25, 0.3) is 11.0 Å². The molecule has 1 saturated heterocycles. The Morgan fingerprint density at radius 2 is 2.10 bits per heavy atom. The van der Waals surface area contributed by atoms with Crippen LogP contribution < -0.4 is 20.7 Å². The number of fused-ring (bicyclic) bond motifs is 1. The molecule has 1 aliphatic rings. The number of nitrogens with one attached hydrogen (secondary N) is 3. The highest BCUT2D eigenvalue weighted by atomic mass is 79.9. The maximum Gasteiger partial charge on any atom is 0.247 e. The quantitative estimate of drug-likeness (QED) is 0.155. The highest BCUT2D eigenvalue weighted by Gasteiger charge is 2.28. The molecule has 39 heavy (non-hydrogen) atoms. The summed E-state index contributed by atoms with van der Waals surface area (Å²) in [6.07, 6.45) is 4.61. The van der Waals surface area contributed by atoms with E-state index in [0.29, 0.717) is 31.6 Å². The number of rotatable bonds is 8. The number of carbonyl (C=O) groups excluding carboxylic acids is 2. The molecule has 1 aliphatic heterocycles. The van der Waals surface area contributed by atoms with Gasteiger partial charge in [-0.3, -0.25) is 14.9 Å². The third kappa shape index (κ3) is 7.51. The molecule has 3 N–H and O–H groups in total. The number of carbonyl (C=O) groups is 2. The van der Waals surface area contributed by atoms with Crippen molar-refractivity contribution >= 4 is 50.4 Å². The summed E-state index contributed by atoms with van der Waals surface area (Å²) in [4.78, 5) is 32.1. The van der Waals surface area contributed by atoms with Crippen LogP contribution in [0.4, 0.5) is 5.69 Å². The molecule has 4 rings (SSSR count). The van der Waals surface area contributed by atoms with Crippen LogP contribution >= 0.6 is 15.9 Å². The van der Waals surface area contributed by atoms with Gasteiger partial charge in [0.1, 0.15) is 23.1 Å². The van der Waals surface area contributed by atoms with Crippen LogP contribution in [-0.2, 0) is 16.0 Å². The van der Waals surface area contributed by atoms with Gasteiger partial charge in [-0.05, 0) is 90.5 Å². The van der Waals surface area contributed by atoms with Crippen molar-refractivity contribution in [3.8, 4) is 11.9 Å². The number of likely N-dealkylation sites (tertiary alicyclic amines) is 1. The van der Waals surface area contributed by atoms with E-state index in [1.807, 2.05) is 55.6 Å². The number of guanidine groups is 1. The lowest BCUT2D eigenvalue weighted by atomic mass is 10.1. The van der Waals surface area contributed by atoms with Gasteiger partial charge in [-0.2, -0.15) is 5.26 Å². The molecule has 1 aromatic heterocycles.